The molecule has 0 aliphatic carbocycles. The summed E-state index contributed by atoms with van der Waals surface area (Å²) >= 11 is 0. The second-order valence-corrected chi connectivity index (χ2v) is 4.61. The molecule has 0 aromatic rings. The zero-order valence-electron chi connectivity index (χ0n) is 10.7. The summed E-state index contributed by atoms with van der Waals surface area (Å²) in [6, 6.07) is 0. The van der Waals surface area contributed by atoms with Gasteiger partial charge in [-0.1, -0.05) is 0 Å². The van der Waals surface area contributed by atoms with Crippen molar-refractivity contribution in [2.45, 2.75) is 39.7 Å². The van der Waals surface area contributed by atoms with Gasteiger partial charge in [0.15, 0.2) is 6.10 Å². The van der Waals surface area contributed by atoms with Gasteiger partial charge in [-0.15, -0.1) is 0 Å². The lowest BCUT2D eigenvalue weighted by Gasteiger charge is -2.32. The molecule has 0 saturated carbocycles. The summed E-state index contributed by atoms with van der Waals surface area (Å²) in [5.74, 6) is -0.794. The molecule has 0 aromatic heterocycles. The Balaban J connectivity index is 2.50. The van der Waals surface area contributed by atoms with Crippen molar-refractivity contribution in [3.8, 4) is 0 Å². The van der Waals surface area contributed by atoms with Crippen molar-refractivity contribution in [3.63, 3.8) is 0 Å². The smallest absolute Gasteiger partial charge is 0.347 e. The van der Waals surface area contributed by atoms with Gasteiger partial charge in [-0.2, -0.15) is 0 Å². The van der Waals surface area contributed by atoms with Gasteiger partial charge in [0.25, 0.3) is 0 Å². The largest absolute Gasteiger partial charge is 0.463 e. The first kappa shape index (κ1) is 14.0. The van der Waals surface area contributed by atoms with Crippen LogP contribution in [-0.4, -0.2) is 37.7 Å². The molecule has 1 unspecified atom stereocenters. The van der Waals surface area contributed by atoms with E-state index in [0.717, 1.165) is 25.9 Å². The maximum absolute atomic E-state index is 12.0. The summed E-state index contributed by atoms with van der Waals surface area (Å²) < 4.78 is 9.96. The molecule has 0 spiro atoms. The molecule has 1 fully saturated rings. The molecule has 1 aliphatic heterocycles. The molecule has 5 heteroatoms. The van der Waals surface area contributed by atoms with E-state index < -0.39 is 17.5 Å². The molecule has 98 valence electrons. The van der Waals surface area contributed by atoms with Crippen LogP contribution in [0.3, 0.4) is 0 Å². The number of rotatable bonds is 4. The lowest BCUT2D eigenvalue weighted by molar-refractivity contribution is -0.173. The molecule has 1 rings (SSSR count). The highest BCUT2D eigenvalue weighted by Crippen LogP contribution is 2.29. The van der Waals surface area contributed by atoms with Crippen LogP contribution in [0.25, 0.3) is 0 Å². The third-order valence-corrected chi connectivity index (χ3v) is 3.10. The minimum atomic E-state index is -0.825. The van der Waals surface area contributed by atoms with Crippen molar-refractivity contribution >= 4 is 11.9 Å². The maximum Gasteiger partial charge on any atom is 0.347 e. The molecular weight excluding hydrogens is 222 g/mol. The van der Waals surface area contributed by atoms with Crippen LogP contribution in [0.2, 0.25) is 0 Å². The lowest BCUT2D eigenvalue weighted by atomic mass is 9.81. The lowest BCUT2D eigenvalue weighted by Crippen LogP contribution is -2.42. The Morgan fingerprint density at radius 2 is 1.94 bits per heavy atom. The van der Waals surface area contributed by atoms with Crippen molar-refractivity contribution in [1.29, 1.82) is 0 Å². The fraction of sp³-hybridized carbons (Fsp3) is 0.833. The Bertz CT molecular complexity index is 284. The van der Waals surface area contributed by atoms with Gasteiger partial charge < -0.3 is 14.8 Å². The van der Waals surface area contributed by atoms with E-state index in [2.05, 4.69) is 5.32 Å². The number of piperidine rings is 1. The highest BCUT2D eigenvalue weighted by atomic mass is 16.6. The van der Waals surface area contributed by atoms with Gasteiger partial charge in [-0.05, 0) is 46.7 Å². The Kier molecular flexibility index (Phi) is 4.93. The summed E-state index contributed by atoms with van der Waals surface area (Å²) in [6.45, 7) is 7.05. The van der Waals surface area contributed by atoms with E-state index in [1.165, 1.54) is 0 Å². The average molecular weight is 243 g/mol. The minimum Gasteiger partial charge on any atom is -0.463 e. The summed E-state index contributed by atoms with van der Waals surface area (Å²) in [4.78, 5) is 23.3. The standard InChI is InChI=1S/C12H21NO4/c1-4-16-10(14)9(2)17-11(15)12(3)5-7-13-8-6-12/h9,13H,4-8H2,1-3H3. The number of nitrogens with one attached hydrogen (secondary N) is 1. The summed E-state index contributed by atoms with van der Waals surface area (Å²) in [6.07, 6.45) is 0.650. The molecule has 0 aromatic carbocycles. The molecular formula is C12H21NO4. The molecule has 1 aliphatic rings. The number of hydrogen-bond acceptors (Lipinski definition) is 5. The zero-order chi connectivity index (χ0) is 12.9. The van der Waals surface area contributed by atoms with E-state index in [9.17, 15) is 9.59 Å². The first-order chi connectivity index (χ1) is 7.99. The van der Waals surface area contributed by atoms with Crippen molar-refractivity contribution in [1.82, 2.24) is 5.32 Å². The van der Waals surface area contributed by atoms with E-state index in [-0.39, 0.29) is 5.97 Å². The number of carbonyl (C=O) groups excluding carboxylic acids is 2. The highest BCUT2D eigenvalue weighted by Gasteiger charge is 2.37. The van der Waals surface area contributed by atoms with Crippen molar-refractivity contribution in [3.05, 3.63) is 0 Å². The molecule has 5 nitrogen and oxygen atoms in total. The SMILES string of the molecule is CCOC(=O)C(C)OC(=O)C1(C)CCNCC1. The van der Waals surface area contributed by atoms with Gasteiger partial charge in [0.2, 0.25) is 0 Å². The number of hydrogen-bond donors (Lipinski definition) is 1. The quantitative estimate of drug-likeness (QED) is 0.742. The van der Waals surface area contributed by atoms with E-state index in [1.54, 1.807) is 13.8 Å². The van der Waals surface area contributed by atoms with E-state index in [4.69, 9.17) is 9.47 Å². The van der Waals surface area contributed by atoms with Crippen LogP contribution < -0.4 is 5.32 Å². The van der Waals surface area contributed by atoms with Gasteiger partial charge >= 0.3 is 11.9 Å². The molecule has 1 heterocycles. The Labute approximate surface area is 102 Å². The second-order valence-electron chi connectivity index (χ2n) is 4.61. The van der Waals surface area contributed by atoms with Gasteiger partial charge in [0.1, 0.15) is 0 Å². The summed E-state index contributed by atoms with van der Waals surface area (Å²) in [7, 11) is 0. The van der Waals surface area contributed by atoms with Gasteiger partial charge in [0.05, 0.1) is 12.0 Å². The van der Waals surface area contributed by atoms with E-state index in [0.29, 0.717) is 6.61 Å². The predicted octanol–water partition coefficient (Wildman–Crippen LogP) is 0.871. The first-order valence-electron chi connectivity index (χ1n) is 6.08. The van der Waals surface area contributed by atoms with Crippen LogP contribution in [0, 0.1) is 5.41 Å². The molecule has 0 radical (unpaired) electrons. The van der Waals surface area contributed by atoms with Crippen molar-refractivity contribution < 1.29 is 19.1 Å². The molecule has 0 bridgehead atoms. The summed E-state index contributed by atoms with van der Waals surface area (Å²) in [5.41, 5.74) is -0.480. The topological polar surface area (TPSA) is 64.6 Å². The number of esters is 2. The van der Waals surface area contributed by atoms with Gasteiger partial charge in [0, 0.05) is 0 Å². The third-order valence-electron chi connectivity index (χ3n) is 3.10. The average Bonchev–Trinajstić information content (AvgIpc) is 2.30. The second kappa shape index (κ2) is 6.00. The van der Waals surface area contributed by atoms with Crippen LogP contribution in [-0.2, 0) is 19.1 Å². The minimum absolute atomic E-state index is 0.294. The third kappa shape index (κ3) is 3.70. The molecule has 1 saturated heterocycles. The molecule has 0 amide bonds. The summed E-state index contributed by atoms with van der Waals surface area (Å²) in [5, 5.41) is 3.19. The predicted molar refractivity (Wildman–Crippen MR) is 62.4 cm³/mol. The van der Waals surface area contributed by atoms with Crippen LogP contribution in [0.5, 0.6) is 0 Å². The van der Waals surface area contributed by atoms with Gasteiger partial charge in [-0.3, -0.25) is 4.79 Å². The van der Waals surface area contributed by atoms with E-state index in [1.807, 2.05) is 6.92 Å². The Hall–Kier alpha value is -1.10. The van der Waals surface area contributed by atoms with Crippen LogP contribution in [0.4, 0.5) is 0 Å². The van der Waals surface area contributed by atoms with Crippen LogP contribution in [0.15, 0.2) is 0 Å². The molecule has 1 atom stereocenters. The number of carbonyl (C=O) groups is 2. The van der Waals surface area contributed by atoms with Gasteiger partial charge in [-0.25, -0.2) is 4.79 Å². The van der Waals surface area contributed by atoms with Crippen molar-refractivity contribution in [2.24, 2.45) is 5.41 Å². The molecule has 17 heavy (non-hydrogen) atoms. The number of ether oxygens (including phenoxy) is 2. The van der Waals surface area contributed by atoms with E-state index >= 15 is 0 Å². The first-order valence-corrected chi connectivity index (χ1v) is 6.08. The Morgan fingerprint density at radius 3 is 2.47 bits per heavy atom. The fourth-order valence-corrected chi connectivity index (χ4v) is 1.79. The zero-order valence-corrected chi connectivity index (χ0v) is 10.7. The van der Waals surface area contributed by atoms with Crippen LogP contribution >= 0.6 is 0 Å². The Morgan fingerprint density at radius 1 is 1.35 bits per heavy atom. The monoisotopic (exact) mass is 243 g/mol. The normalized spacial score (nSPS) is 20.4. The fourth-order valence-electron chi connectivity index (χ4n) is 1.79. The maximum atomic E-state index is 12.0. The van der Waals surface area contributed by atoms with Crippen molar-refractivity contribution in [2.75, 3.05) is 19.7 Å². The van der Waals surface area contributed by atoms with Crippen LogP contribution in [0.1, 0.15) is 33.6 Å². The molecule has 1 N–H and O–H groups in total. The highest BCUT2D eigenvalue weighted by molar-refractivity contribution is 5.82.